The quantitative estimate of drug-likeness (QED) is 0.432. The number of allylic oxidation sites excluding steroid dienone is 1. The van der Waals surface area contributed by atoms with Gasteiger partial charge in [0.15, 0.2) is 0 Å². The Morgan fingerprint density at radius 3 is 2.11 bits per heavy atom. The van der Waals surface area contributed by atoms with Gasteiger partial charge in [-0.15, -0.1) is 0 Å². The molecule has 0 saturated heterocycles. The Hall–Kier alpha value is -2.93. The maximum atomic E-state index is 5.08. The minimum Gasteiger partial charge on any atom is -0.253 e. The highest BCUT2D eigenvalue weighted by Gasteiger charge is 2.26. The molecule has 0 spiro atoms. The molecule has 0 aromatic heterocycles. The molecule has 0 fully saturated rings. The second kappa shape index (κ2) is 7.24. The Balaban J connectivity index is 1.83. The minimum atomic E-state index is 0.303. The third-order valence-corrected chi connectivity index (χ3v) is 5.72. The van der Waals surface area contributed by atoms with Gasteiger partial charge in [-0.25, -0.2) is 0 Å². The second-order valence-electron chi connectivity index (χ2n) is 7.98. The number of rotatable bonds is 3. The highest BCUT2D eigenvalue weighted by molar-refractivity contribution is 6.02. The number of benzene rings is 3. The van der Waals surface area contributed by atoms with E-state index in [-0.39, 0.29) is 0 Å². The van der Waals surface area contributed by atoms with E-state index >= 15 is 0 Å². The molecule has 0 bridgehead atoms. The van der Waals surface area contributed by atoms with Crippen molar-refractivity contribution in [2.75, 3.05) is 0 Å². The average Bonchev–Trinajstić information content (AvgIpc) is 3.00. The molecule has 3 aromatic carbocycles. The molecule has 4 rings (SSSR count). The molecular formula is C27H27N. The lowest BCUT2D eigenvalue weighted by Gasteiger charge is -2.19. The van der Waals surface area contributed by atoms with Crippen LogP contribution in [-0.4, -0.2) is 5.71 Å². The summed E-state index contributed by atoms with van der Waals surface area (Å²) in [5.41, 5.74) is 12.6. The largest absolute Gasteiger partial charge is 0.253 e. The third-order valence-electron chi connectivity index (χ3n) is 5.72. The summed E-state index contributed by atoms with van der Waals surface area (Å²) in [6, 6.07) is 21.9. The Morgan fingerprint density at radius 1 is 0.786 bits per heavy atom. The number of nitrogens with zero attached hydrogens (tertiary/aromatic N) is 1. The van der Waals surface area contributed by atoms with Crippen molar-refractivity contribution in [3.63, 3.8) is 0 Å². The zero-order valence-corrected chi connectivity index (χ0v) is 17.4. The lowest BCUT2D eigenvalue weighted by molar-refractivity contribution is 0.972. The smallest absolute Gasteiger partial charge is 0.0691 e. The Bertz CT molecular complexity index is 1090. The zero-order chi connectivity index (χ0) is 19.8. The molecular weight excluding hydrogens is 338 g/mol. The summed E-state index contributed by atoms with van der Waals surface area (Å²) in [5.74, 6) is 0.303. The molecule has 1 aliphatic carbocycles. The van der Waals surface area contributed by atoms with E-state index in [1.54, 1.807) is 0 Å². The fourth-order valence-corrected chi connectivity index (χ4v) is 4.55. The van der Waals surface area contributed by atoms with Crippen LogP contribution in [0.5, 0.6) is 0 Å². The van der Waals surface area contributed by atoms with Crippen LogP contribution >= 0.6 is 0 Å². The Kier molecular flexibility index (Phi) is 4.77. The molecule has 0 saturated carbocycles. The van der Waals surface area contributed by atoms with Crippen LogP contribution in [0.25, 0.3) is 6.08 Å². The molecule has 0 aliphatic heterocycles. The Labute approximate surface area is 168 Å². The molecule has 1 heteroatoms. The number of hydrogen-bond acceptors (Lipinski definition) is 1. The maximum Gasteiger partial charge on any atom is 0.0691 e. The Morgan fingerprint density at radius 2 is 1.39 bits per heavy atom. The van der Waals surface area contributed by atoms with Gasteiger partial charge in [-0.1, -0.05) is 77.9 Å². The van der Waals surface area contributed by atoms with Crippen molar-refractivity contribution in [3.05, 3.63) is 105 Å². The first kappa shape index (κ1) is 18.4. The van der Waals surface area contributed by atoms with E-state index in [0.717, 1.165) is 11.4 Å². The third kappa shape index (κ3) is 3.22. The molecule has 1 aliphatic rings. The molecule has 1 nitrogen and oxygen atoms in total. The molecule has 0 amide bonds. The lowest BCUT2D eigenvalue weighted by atomic mass is 9.85. The summed E-state index contributed by atoms with van der Waals surface area (Å²) in [7, 11) is 0. The molecule has 28 heavy (non-hydrogen) atoms. The molecule has 0 heterocycles. The highest BCUT2D eigenvalue weighted by atomic mass is 14.8. The highest BCUT2D eigenvalue weighted by Crippen LogP contribution is 2.42. The topological polar surface area (TPSA) is 12.4 Å². The first-order valence-corrected chi connectivity index (χ1v) is 9.95. The summed E-state index contributed by atoms with van der Waals surface area (Å²) in [5, 5.41) is 0. The van der Waals surface area contributed by atoms with E-state index in [1.807, 2.05) is 0 Å². The van der Waals surface area contributed by atoms with Crippen molar-refractivity contribution < 1.29 is 0 Å². The van der Waals surface area contributed by atoms with E-state index in [0.29, 0.717) is 5.92 Å². The van der Waals surface area contributed by atoms with Gasteiger partial charge in [-0.05, 0) is 68.0 Å². The van der Waals surface area contributed by atoms with Gasteiger partial charge >= 0.3 is 0 Å². The van der Waals surface area contributed by atoms with Gasteiger partial charge in [0.05, 0.1) is 5.69 Å². The van der Waals surface area contributed by atoms with E-state index in [2.05, 4.69) is 101 Å². The van der Waals surface area contributed by atoms with Gasteiger partial charge in [-0.3, -0.25) is 4.99 Å². The minimum absolute atomic E-state index is 0.303. The first-order chi connectivity index (χ1) is 13.5. The van der Waals surface area contributed by atoms with E-state index in [1.165, 1.54) is 44.5 Å². The van der Waals surface area contributed by atoms with Gasteiger partial charge in [0.25, 0.3) is 0 Å². The van der Waals surface area contributed by atoms with E-state index < -0.39 is 0 Å². The summed E-state index contributed by atoms with van der Waals surface area (Å²) < 4.78 is 0. The van der Waals surface area contributed by atoms with Crippen LogP contribution in [0.1, 0.15) is 58.7 Å². The van der Waals surface area contributed by atoms with Gasteiger partial charge in [0.1, 0.15) is 0 Å². The van der Waals surface area contributed by atoms with Crippen LogP contribution in [0.15, 0.2) is 71.2 Å². The summed E-state index contributed by atoms with van der Waals surface area (Å²) in [6.07, 6.45) is 2.32. The standard InChI is InChI=1S/C27H27N/c1-17-14-19(3)27(20(4)15-17)28-21(5)23-11-8-9-13-25(23)26-18(2)16-22-10-6-7-12-24(22)26/h6-16,26H,1-5H3/b28-21+. The molecule has 0 N–H and O–H groups in total. The second-order valence-corrected chi connectivity index (χ2v) is 7.98. The summed E-state index contributed by atoms with van der Waals surface area (Å²) in [6.45, 7) is 10.8. The fourth-order valence-electron chi connectivity index (χ4n) is 4.55. The van der Waals surface area contributed by atoms with Gasteiger partial charge < -0.3 is 0 Å². The number of fused-ring (bicyclic) bond motifs is 1. The molecule has 140 valence electrons. The predicted molar refractivity (Wildman–Crippen MR) is 121 cm³/mol. The molecule has 3 aromatic rings. The monoisotopic (exact) mass is 365 g/mol. The molecule has 1 unspecified atom stereocenters. The van der Waals surface area contributed by atoms with Crippen molar-refractivity contribution in [1.29, 1.82) is 0 Å². The summed E-state index contributed by atoms with van der Waals surface area (Å²) >= 11 is 0. The van der Waals surface area contributed by atoms with Crippen LogP contribution < -0.4 is 0 Å². The lowest BCUT2D eigenvalue weighted by Crippen LogP contribution is -2.07. The van der Waals surface area contributed by atoms with Crippen LogP contribution in [-0.2, 0) is 0 Å². The SMILES string of the molecule is CC1=Cc2ccccc2C1c1ccccc1/C(C)=N/c1c(C)cc(C)cc1C. The van der Waals surface area contributed by atoms with Crippen molar-refractivity contribution in [3.8, 4) is 0 Å². The van der Waals surface area contributed by atoms with Crippen molar-refractivity contribution in [2.45, 2.75) is 40.5 Å². The first-order valence-electron chi connectivity index (χ1n) is 9.95. The summed E-state index contributed by atoms with van der Waals surface area (Å²) in [4.78, 5) is 5.08. The fraction of sp³-hybridized carbons (Fsp3) is 0.222. The van der Waals surface area contributed by atoms with Gasteiger partial charge in [0.2, 0.25) is 0 Å². The maximum absolute atomic E-state index is 5.08. The van der Waals surface area contributed by atoms with Crippen LogP contribution in [0.4, 0.5) is 5.69 Å². The van der Waals surface area contributed by atoms with Crippen LogP contribution in [0.3, 0.4) is 0 Å². The number of aryl methyl sites for hydroxylation is 3. The number of aliphatic imine (C=N–C) groups is 1. The van der Waals surface area contributed by atoms with Crippen molar-refractivity contribution in [1.82, 2.24) is 0 Å². The molecule has 0 radical (unpaired) electrons. The molecule has 1 atom stereocenters. The average molecular weight is 366 g/mol. The van der Waals surface area contributed by atoms with Gasteiger partial charge in [0, 0.05) is 11.6 Å². The zero-order valence-electron chi connectivity index (χ0n) is 17.4. The normalized spacial score (nSPS) is 16.1. The van der Waals surface area contributed by atoms with Gasteiger partial charge in [-0.2, -0.15) is 0 Å². The van der Waals surface area contributed by atoms with Crippen LogP contribution in [0.2, 0.25) is 0 Å². The van der Waals surface area contributed by atoms with Crippen LogP contribution in [0, 0.1) is 20.8 Å². The number of hydrogen-bond donors (Lipinski definition) is 0. The van der Waals surface area contributed by atoms with E-state index in [4.69, 9.17) is 4.99 Å². The van der Waals surface area contributed by atoms with E-state index in [9.17, 15) is 0 Å². The van der Waals surface area contributed by atoms with Crippen molar-refractivity contribution in [2.24, 2.45) is 4.99 Å². The van der Waals surface area contributed by atoms with Crippen molar-refractivity contribution >= 4 is 17.5 Å². The predicted octanol–water partition coefficient (Wildman–Crippen LogP) is 7.30.